The van der Waals surface area contributed by atoms with Crippen LogP contribution >= 0.6 is 0 Å². The van der Waals surface area contributed by atoms with Crippen molar-refractivity contribution in [1.82, 2.24) is 0 Å². The van der Waals surface area contributed by atoms with Crippen molar-refractivity contribution in [3.05, 3.63) is 23.5 Å². The largest absolute Gasteiger partial charge is 0.491 e. The molecule has 1 aliphatic rings. The van der Waals surface area contributed by atoms with Gasteiger partial charge in [0, 0.05) is 5.47 Å². The molecular weight excluding hydrogens is 169 g/mol. The van der Waals surface area contributed by atoms with Gasteiger partial charge in [-0.05, 0) is 6.08 Å². The van der Waals surface area contributed by atoms with E-state index in [4.69, 9.17) is 10.0 Å². The van der Waals surface area contributed by atoms with Crippen LogP contribution < -0.4 is 0 Å². The molecule has 0 bridgehead atoms. The lowest BCUT2D eigenvalue weighted by molar-refractivity contribution is -0.118. The maximum absolute atomic E-state index is 12.7. The maximum Gasteiger partial charge on any atom is 0.491 e. The van der Waals surface area contributed by atoms with Crippen molar-refractivity contribution in [3.63, 3.8) is 0 Å². The van der Waals surface area contributed by atoms with E-state index in [9.17, 15) is 13.6 Å². The highest BCUT2D eigenvalue weighted by Gasteiger charge is 2.31. The molecule has 0 spiro atoms. The number of alkyl halides is 1. The van der Waals surface area contributed by atoms with Gasteiger partial charge in [-0.1, -0.05) is 6.08 Å². The van der Waals surface area contributed by atoms with Gasteiger partial charge in [0.1, 0.15) is 5.83 Å². The molecule has 0 amide bonds. The topological polar surface area (TPSA) is 57.5 Å². The molecule has 0 radical (unpaired) electrons. The van der Waals surface area contributed by atoms with Crippen LogP contribution in [0.2, 0.25) is 0 Å². The van der Waals surface area contributed by atoms with Gasteiger partial charge in [0.05, 0.1) is 0 Å². The molecule has 0 fully saturated rings. The average molecular weight is 174 g/mol. The second-order valence-corrected chi connectivity index (χ2v) is 2.28. The first kappa shape index (κ1) is 9.09. The molecule has 0 heterocycles. The molecular formula is C6H5BF2O3. The molecule has 3 nitrogen and oxygen atoms in total. The van der Waals surface area contributed by atoms with E-state index >= 15 is 0 Å². The predicted molar refractivity (Wildman–Crippen MR) is 37.4 cm³/mol. The van der Waals surface area contributed by atoms with Crippen molar-refractivity contribution >= 4 is 12.9 Å². The first-order valence-electron chi connectivity index (χ1n) is 3.15. The number of hydrogen-bond acceptors (Lipinski definition) is 3. The summed E-state index contributed by atoms with van der Waals surface area (Å²) >= 11 is 0. The van der Waals surface area contributed by atoms with Gasteiger partial charge in [-0.15, -0.1) is 0 Å². The van der Waals surface area contributed by atoms with E-state index in [0.717, 1.165) is 12.2 Å². The van der Waals surface area contributed by atoms with E-state index in [2.05, 4.69) is 0 Å². The Balaban J connectivity index is 3.02. The van der Waals surface area contributed by atoms with Crippen molar-refractivity contribution in [1.29, 1.82) is 0 Å². The summed E-state index contributed by atoms with van der Waals surface area (Å²) in [6.07, 6.45) is -0.784. The highest BCUT2D eigenvalue weighted by Crippen LogP contribution is 2.21. The van der Waals surface area contributed by atoms with Crippen LogP contribution in [0.3, 0.4) is 0 Å². The highest BCUT2D eigenvalue weighted by atomic mass is 19.2. The van der Waals surface area contributed by atoms with Crippen molar-refractivity contribution < 1.29 is 23.6 Å². The molecule has 1 aliphatic carbocycles. The quantitative estimate of drug-likeness (QED) is 0.536. The van der Waals surface area contributed by atoms with Crippen LogP contribution in [-0.2, 0) is 4.79 Å². The van der Waals surface area contributed by atoms with Crippen molar-refractivity contribution in [3.8, 4) is 0 Å². The number of ketones is 1. The lowest BCUT2D eigenvalue weighted by Crippen LogP contribution is -2.25. The monoisotopic (exact) mass is 174 g/mol. The number of hydrogen-bond donors (Lipinski definition) is 2. The lowest BCUT2D eigenvalue weighted by atomic mass is 9.76. The second kappa shape index (κ2) is 3.16. The Morgan fingerprint density at radius 3 is 2.50 bits per heavy atom. The molecule has 1 atom stereocenters. The van der Waals surface area contributed by atoms with E-state index in [1.807, 2.05) is 0 Å². The van der Waals surface area contributed by atoms with Gasteiger partial charge in [-0.2, -0.15) is 0 Å². The van der Waals surface area contributed by atoms with E-state index in [1.165, 1.54) is 0 Å². The zero-order valence-corrected chi connectivity index (χ0v) is 5.87. The van der Waals surface area contributed by atoms with Crippen LogP contribution in [0.25, 0.3) is 0 Å². The fourth-order valence-electron chi connectivity index (χ4n) is 0.817. The SMILES string of the molecule is O=C1C=CC(B(O)O)=C(F)C1F. The molecule has 2 N–H and O–H groups in total. The van der Waals surface area contributed by atoms with E-state index < -0.39 is 30.4 Å². The van der Waals surface area contributed by atoms with Crippen LogP contribution in [-0.4, -0.2) is 29.1 Å². The van der Waals surface area contributed by atoms with Crippen LogP contribution in [0.4, 0.5) is 8.78 Å². The van der Waals surface area contributed by atoms with Gasteiger partial charge in [-0.25, -0.2) is 8.78 Å². The zero-order valence-electron chi connectivity index (χ0n) is 5.87. The third kappa shape index (κ3) is 1.44. The number of halogens is 2. The average Bonchev–Trinajstić information content (AvgIpc) is 2.00. The fraction of sp³-hybridized carbons (Fsp3) is 0.167. The Morgan fingerprint density at radius 1 is 1.42 bits per heavy atom. The van der Waals surface area contributed by atoms with Gasteiger partial charge >= 0.3 is 7.12 Å². The molecule has 0 aromatic rings. The van der Waals surface area contributed by atoms with Crippen molar-refractivity contribution in [2.24, 2.45) is 0 Å². The first-order chi connectivity index (χ1) is 5.54. The molecule has 1 rings (SSSR count). The van der Waals surface area contributed by atoms with Gasteiger partial charge in [0.2, 0.25) is 6.17 Å². The molecule has 64 valence electrons. The van der Waals surface area contributed by atoms with Crippen molar-refractivity contribution in [2.45, 2.75) is 6.17 Å². The van der Waals surface area contributed by atoms with Gasteiger partial charge in [-0.3, -0.25) is 4.79 Å². The normalized spacial score (nSPS) is 23.3. The molecule has 0 aromatic carbocycles. The van der Waals surface area contributed by atoms with E-state index in [-0.39, 0.29) is 0 Å². The van der Waals surface area contributed by atoms with Crippen LogP contribution in [0.5, 0.6) is 0 Å². The summed E-state index contributed by atoms with van der Waals surface area (Å²) in [5.41, 5.74) is -0.609. The van der Waals surface area contributed by atoms with Crippen molar-refractivity contribution in [2.75, 3.05) is 0 Å². The third-order valence-electron chi connectivity index (χ3n) is 1.45. The van der Waals surface area contributed by atoms with E-state index in [0.29, 0.717) is 0 Å². The van der Waals surface area contributed by atoms with Crippen LogP contribution in [0, 0.1) is 0 Å². The summed E-state index contributed by atoms with van der Waals surface area (Å²) < 4.78 is 25.2. The minimum absolute atomic E-state index is 0.609. The van der Waals surface area contributed by atoms with Gasteiger partial charge in [0.25, 0.3) is 0 Å². The Morgan fingerprint density at radius 2 is 2.00 bits per heavy atom. The molecule has 0 saturated carbocycles. The Hall–Kier alpha value is -1.01. The van der Waals surface area contributed by atoms with E-state index in [1.54, 1.807) is 0 Å². The fourth-order valence-corrected chi connectivity index (χ4v) is 0.817. The molecule has 0 aromatic heterocycles. The highest BCUT2D eigenvalue weighted by molar-refractivity contribution is 6.52. The lowest BCUT2D eigenvalue weighted by Gasteiger charge is -2.10. The molecule has 12 heavy (non-hydrogen) atoms. The number of carbonyl (C=O) groups excluding carboxylic acids is 1. The Bertz CT molecular complexity index is 272. The summed E-state index contributed by atoms with van der Waals surface area (Å²) in [5, 5.41) is 17.0. The summed E-state index contributed by atoms with van der Waals surface area (Å²) in [7, 11) is -2.09. The van der Waals surface area contributed by atoms with Crippen LogP contribution in [0.1, 0.15) is 0 Å². The summed E-state index contributed by atoms with van der Waals surface area (Å²) in [6, 6.07) is 0. The Labute approximate surface area is 67.2 Å². The van der Waals surface area contributed by atoms with Crippen LogP contribution in [0.15, 0.2) is 23.5 Å². The first-order valence-corrected chi connectivity index (χ1v) is 3.15. The number of carbonyl (C=O) groups is 1. The standard InChI is InChI=1S/C6H5BF2O3/c8-5-3(7(11)12)1-2-4(10)6(5)9/h1-2,6,11-12H. The summed E-state index contributed by atoms with van der Waals surface area (Å²) in [4.78, 5) is 10.5. The second-order valence-electron chi connectivity index (χ2n) is 2.28. The molecule has 1 unspecified atom stereocenters. The minimum Gasteiger partial charge on any atom is -0.423 e. The molecule has 6 heteroatoms. The minimum atomic E-state index is -2.40. The molecule has 0 aliphatic heterocycles. The number of allylic oxidation sites excluding steroid dienone is 4. The predicted octanol–water partition coefficient (Wildman–Crippen LogP) is -0.301. The Kier molecular flexibility index (Phi) is 2.39. The summed E-state index contributed by atoms with van der Waals surface area (Å²) in [5.74, 6) is -2.46. The molecule has 0 saturated heterocycles. The van der Waals surface area contributed by atoms with Gasteiger partial charge < -0.3 is 10.0 Å². The zero-order chi connectivity index (χ0) is 9.30. The maximum atomic E-state index is 12.7. The smallest absolute Gasteiger partial charge is 0.423 e. The van der Waals surface area contributed by atoms with Gasteiger partial charge in [0.15, 0.2) is 5.78 Å². The third-order valence-corrected chi connectivity index (χ3v) is 1.45. The summed E-state index contributed by atoms with van der Waals surface area (Å²) in [6.45, 7) is 0. The number of rotatable bonds is 1.